The van der Waals surface area contributed by atoms with E-state index in [1.165, 1.54) is 76.9 Å². The molecule has 0 unspecified atom stereocenters. The van der Waals surface area contributed by atoms with Gasteiger partial charge in [0.05, 0.1) is 32.6 Å². The zero-order chi connectivity index (χ0) is 47.7. The minimum Gasteiger partial charge on any atom is -0.502 e. The third-order valence-corrected chi connectivity index (χ3v) is 10.8. The van der Waals surface area contributed by atoms with Crippen molar-refractivity contribution in [3.63, 3.8) is 0 Å². The molecule has 65 heavy (non-hydrogen) atoms. The fraction of sp³-hybridized carbons (Fsp3) is 0.326. The molecule has 20 nitrogen and oxygen atoms in total. The van der Waals surface area contributed by atoms with Crippen molar-refractivity contribution in [1.82, 2.24) is 26.6 Å². The average molecular weight is 940 g/mol. The van der Waals surface area contributed by atoms with Crippen molar-refractivity contribution in [2.45, 2.75) is 56.6 Å². The normalized spacial score (nSPS) is 19.7. The van der Waals surface area contributed by atoms with Crippen molar-refractivity contribution < 1.29 is 70.5 Å². The van der Waals surface area contributed by atoms with Crippen LogP contribution in [0, 0.1) is 0 Å². The van der Waals surface area contributed by atoms with Crippen molar-refractivity contribution in [3.8, 4) is 51.4 Å². The lowest BCUT2D eigenvalue weighted by Crippen LogP contribution is -2.55. The van der Waals surface area contributed by atoms with E-state index >= 15 is 0 Å². The maximum atomic E-state index is 14.8. The number of hydrogen-bond donors (Lipinski definition) is 7. The number of amides is 5. The summed E-state index contributed by atoms with van der Waals surface area (Å²) < 4.78 is 58.4. The van der Waals surface area contributed by atoms with Gasteiger partial charge in [-0.25, -0.2) is 4.79 Å². The molecule has 7 N–H and O–H groups in total. The number of likely N-dealkylation sites (N-methyl/N-ethyl adjacent to an activating group) is 1. The third-order valence-electron chi connectivity index (χ3n) is 10.0. The highest BCUT2D eigenvalue weighted by molar-refractivity contribution is 7.86. The number of aromatic hydroxyl groups is 1. The molecule has 3 aliphatic rings. The minimum atomic E-state index is -4.36. The molecule has 5 atom stereocenters. The van der Waals surface area contributed by atoms with Crippen molar-refractivity contribution in [1.29, 1.82) is 0 Å². The van der Waals surface area contributed by atoms with Crippen LogP contribution in [0.15, 0.2) is 60.7 Å². The monoisotopic (exact) mass is 939 g/mol. The van der Waals surface area contributed by atoms with Gasteiger partial charge in [-0.15, -0.1) is 0 Å². The number of benzene rings is 4. The van der Waals surface area contributed by atoms with Gasteiger partial charge in [0.1, 0.15) is 58.9 Å². The van der Waals surface area contributed by atoms with E-state index in [1.807, 2.05) is 0 Å². The first-order chi connectivity index (χ1) is 30.6. The molecule has 0 radical (unpaired) electrons. The maximum absolute atomic E-state index is 14.8. The molecule has 346 valence electrons. The number of hydrogen-bond acceptors (Lipinski definition) is 15. The van der Waals surface area contributed by atoms with Crippen molar-refractivity contribution in [3.05, 3.63) is 87.9 Å². The van der Waals surface area contributed by atoms with E-state index in [4.69, 9.17) is 39.5 Å². The first-order valence-corrected chi connectivity index (χ1v) is 21.7. The number of aliphatic hydroxyl groups excluding tert-OH is 1. The van der Waals surface area contributed by atoms with Crippen LogP contribution in [0.4, 0.5) is 4.79 Å². The molecule has 0 saturated carbocycles. The predicted molar refractivity (Wildman–Crippen MR) is 231 cm³/mol. The fourth-order valence-electron chi connectivity index (χ4n) is 7.11. The van der Waals surface area contributed by atoms with Crippen molar-refractivity contribution >= 4 is 51.4 Å². The molecule has 4 aromatic carbocycles. The average Bonchev–Trinajstić information content (AvgIpc) is 3.24. The number of carbonyl (C=O) groups excluding carboxylic acids is 5. The summed E-state index contributed by atoms with van der Waals surface area (Å²) >= 11 is 6.66. The van der Waals surface area contributed by atoms with Crippen LogP contribution < -0.4 is 49.7 Å². The van der Waals surface area contributed by atoms with Gasteiger partial charge in [0.25, 0.3) is 0 Å². The van der Waals surface area contributed by atoms with Gasteiger partial charge in [-0.05, 0) is 85.5 Å². The zero-order valence-electron chi connectivity index (χ0n) is 36.1. The van der Waals surface area contributed by atoms with Crippen LogP contribution in [0.5, 0.6) is 40.2 Å². The van der Waals surface area contributed by atoms with Gasteiger partial charge in [-0.1, -0.05) is 23.7 Å². The summed E-state index contributed by atoms with van der Waals surface area (Å²) in [5, 5.41) is 35.8. The molecular weight excluding hydrogens is 894 g/mol. The van der Waals surface area contributed by atoms with E-state index in [0.717, 1.165) is 12.1 Å². The lowest BCUT2D eigenvalue weighted by atomic mass is 9.89. The summed E-state index contributed by atoms with van der Waals surface area (Å²) in [5.74, 6) is -5.85. The van der Waals surface area contributed by atoms with Crippen LogP contribution in [0.2, 0.25) is 5.02 Å². The Bertz CT molecular complexity index is 2690. The molecule has 7 rings (SSSR count). The summed E-state index contributed by atoms with van der Waals surface area (Å²) in [6.45, 7) is 4.68. The zero-order valence-corrected chi connectivity index (χ0v) is 37.7. The second-order valence-electron chi connectivity index (χ2n) is 15.7. The minimum absolute atomic E-state index is 0.0292. The van der Waals surface area contributed by atoms with E-state index in [-0.39, 0.29) is 61.4 Å². The Kier molecular flexibility index (Phi) is 13.6. The number of ether oxygens (including phenoxy) is 5. The van der Waals surface area contributed by atoms with Crippen molar-refractivity contribution in [2.75, 3.05) is 34.6 Å². The summed E-state index contributed by atoms with van der Waals surface area (Å²) in [4.78, 5) is 71.6. The van der Waals surface area contributed by atoms with E-state index in [0.29, 0.717) is 6.26 Å². The Morgan fingerprint density at radius 3 is 2.11 bits per heavy atom. The number of nitrogens with one attached hydrogen (secondary N) is 5. The molecule has 0 fully saturated rings. The molecule has 3 aliphatic heterocycles. The summed E-state index contributed by atoms with van der Waals surface area (Å²) in [6, 6.07) is 5.95. The Hall–Kier alpha value is -6.97. The quantitative estimate of drug-likeness (QED) is 0.130. The van der Waals surface area contributed by atoms with Crippen molar-refractivity contribution in [2.24, 2.45) is 0 Å². The van der Waals surface area contributed by atoms with Gasteiger partial charge in [0.2, 0.25) is 29.4 Å². The van der Waals surface area contributed by atoms with Crippen LogP contribution >= 0.6 is 11.6 Å². The Morgan fingerprint density at radius 2 is 1.49 bits per heavy atom. The number of halogens is 1. The molecule has 0 aliphatic carbocycles. The van der Waals surface area contributed by atoms with E-state index in [9.17, 15) is 42.6 Å². The van der Waals surface area contributed by atoms with Gasteiger partial charge in [0.15, 0.2) is 11.5 Å². The highest BCUT2D eigenvalue weighted by Crippen LogP contribution is 2.46. The number of alkyl carbamates (subject to hydrolysis) is 1. The third kappa shape index (κ3) is 10.4. The number of fused-ring (bicyclic) bond motifs is 8. The second kappa shape index (κ2) is 18.6. The molecular formula is C43H46ClN5O15S. The first-order valence-electron chi connectivity index (χ1n) is 19.5. The molecule has 0 spiro atoms. The van der Waals surface area contributed by atoms with Gasteiger partial charge in [0, 0.05) is 24.2 Å². The van der Waals surface area contributed by atoms with Crippen LogP contribution in [0.1, 0.15) is 67.3 Å². The molecule has 0 aromatic heterocycles. The summed E-state index contributed by atoms with van der Waals surface area (Å²) in [5.41, 5.74) is -0.880. The van der Waals surface area contributed by atoms with Gasteiger partial charge < -0.3 is 64.7 Å². The van der Waals surface area contributed by atoms with E-state index in [1.54, 1.807) is 20.8 Å². The number of carbonyl (C=O) groups is 5. The number of phenols is 1. The van der Waals surface area contributed by atoms with Crippen LogP contribution in [-0.4, -0.2) is 94.6 Å². The molecule has 5 amide bonds. The van der Waals surface area contributed by atoms with Crippen LogP contribution in [0.3, 0.4) is 0 Å². The topological polar surface area (TPSA) is 275 Å². The largest absolute Gasteiger partial charge is 0.502 e. The fourth-order valence-corrected chi connectivity index (χ4v) is 7.79. The number of phenolic OH excluding ortho intramolecular Hbond substituents is 1. The lowest BCUT2D eigenvalue weighted by molar-refractivity contribution is -0.136. The van der Waals surface area contributed by atoms with Crippen LogP contribution in [0.25, 0.3) is 11.1 Å². The first kappa shape index (κ1) is 47.5. The maximum Gasteiger partial charge on any atom is 0.408 e. The molecule has 0 saturated heterocycles. The number of aliphatic hydroxyl groups is 1. The Labute approximate surface area is 377 Å². The highest BCUT2D eigenvalue weighted by atomic mass is 35.5. The highest BCUT2D eigenvalue weighted by Gasteiger charge is 2.40. The summed E-state index contributed by atoms with van der Waals surface area (Å²) in [7, 11) is 1.08. The predicted octanol–water partition coefficient (Wildman–Crippen LogP) is 3.74. The van der Waals surface area contributed by atoms with E-state index in [2.05, 4.69) is 26.6 Å². The second-order valence-corrected chi connectivity index (χ2v) is 17.7. The standard InChI is InChI=1S/C43H46ClN5O15S/c1-43(2,3)63-42(56)49-33-21-15-29(37(51)30(16-21)64-65(8,57)58)62-27-12-10-20(14-25(27)44)36(50)35-41(55)47-34(38(52)45-4)24-17-22(59-5)18-28(61-7)31(24)23-13-19(9-11-26(23)60-6)32(39(53)48-35)46-40(33)54/h9-18,32-36,50-51H,1-8H3,(H,45,52)(H,46,54)(H,47,55)(H,48,53)(H,49,56)/t32-,33+,34-,35-,36-/m0/s1. The Morgan fingerprint density at radius 1 is 0.800 bits per heavy atom. The van der Waals surface area contributed by atoms with E-state index < -0.39 is 93.0 Å². The van der Waals surface area contributed by atoms with Crippen LogP contribution in [-0.2, 0) is 34.0 Å². The molecule has 3 heterocycles. The summed E-state index contributed by atoms with van der Waals surface area (Å²) in [6.07, 6.45) is -2.38. The SMILES string of the molecule is CNC(=O)[C@H]1NC(=O)[C@H]2NC(=O)[C@@H](NC(=O)[C@H](NC(=O)OC(C)(C)C)c3cc(c(O)c(OS(C)(=O)=O)c3)Oc3ccc(cc3Cl)[C@@H]2O)c2ccc(OC)c(c2)-c2c(OC)cc(OC)cc21. The number of rotatable bonds is 7. The molecule has 8 bridgehead atoms. The van der Waals surface area contributed by atoms with Gasteiger partial charge in [-0.3, -0.25) is 19.2 Å². The molecule has 22 heteroatoms. The lowest BCUT2D eigenvalue weighted by Gasteiger charge is -2.31. The smallest absolute Gasteiger partial charge is 0.408 e. The van der Waals surface area contributed by atoms with Gasteiger partial charge >= 0.3 is 16.2 Å². The van der Waals surface area contributed by atoms with Gasteiger partial charge in [-0.2, -0.15) is 8.42 Å². The molecule has 4 aromatic rings. The Balaban J connectivity index is 1.69. The number of methoxy groups -OCH3 is 3.